The molecular weight excluding hydrogens is 374 g/mol. The van der Waals surface area contributed by atoms with E-state index in [1.165, 1.54) is 6.08 Å². The Morgan fingerprint density at radius 2 is 1.75 bits per heavy atom. The second-order valence-electron chi connectivity index (χ2n) is 6.36. The van der Waals surface area contributed by atoms with Gasteiger partial charge >= 0.3 is 0 Å². The largest absolute Gasteiger partial charge is 0.361 e. The Hall–Kier alpha value is -2.90. The number of sulfonamides is 1. The summed E-state index contributed by atoms with van der Waals surface area (Å²) in [6, 6.07) is 17.2. The third-order valence-corrected chi connectivity index (χ3v) is 5.39. The molecule has 0 aliphatic rings. The molecule has 7 heteroatoms. The lowest BCUT2D eigenvalue weighted by Crippen LogP contribution is -2.30. The van der Waals surface area contributed by atoms with E-state index in [0.29, 0.717) is 13.0 Å². The van der Waals surface area contributed by atoms with Crippen LogP contribution in [-0.2, 0) is 21.2 Å². The number of aromatic nitrogens is 1. The molecular formula is C21H23N3O3S. The summed E-state index contributed by atoms with van der Waals surface area (Å²) in [5.41, 5.74) is 3.01. The van der Waals surface area contributed by atoms with Crippen LogP contribution in [0.5, 0.6) is 0 Å². The van der Waals surface area contributed by atoms with Gasteiger partial charge in [0.2, 0.25) is 15.9 Å². The van der Waals surface area contributed by atoms with Crippen LogP contribution in [-0.4, -0.2) is 32.4 Å². The summed E-state index contributed by atoms with van der Waals surface area (Å²) in [6.07, 6.45) is 4.27. The molecule has 3 N–H and O–H groups in total. The summed E-state index contributed by atoms with van der Waals surface area (Å²) in [6.45, 7) is 0.557. The highest BCUT2D eigenvalue weighted by molar-refractivity contribution is 7.92. The van der Waals surface area contributed by atoms with Crippen LogP contribution >= 0.6 is 0 Å². The van der Waals surface area contributed by atoms with E-state index in [1.54, 1.807) is 0 Å². The van der Waals surface area contributed by atoms with Gasteiger partial charge in [0.05, 0.1) is 0 Å². The van der Waals surface area contributed by atoms with E-state index in [2.05, 4.69) is 15.0 Å². The second-order valence-corrected chi connectivity index (χ2v) is 8.01. The fourth-order valence-electron chi connectivity index (χ4n) is 2.85. The van der Waals surface area contributed by atoms with E-state index in [9.17, 15) is 13.2 Å². The minimum absolute atomic E-state index is 0.0559. The number of carbonyl (C=O) groups excluding carboxylic acids is 1. The number of rotatable bonds is 9. The summed E-state index contributed by atoms with van der Waals surface area (Å²) in [7, 11) is -3.57. The molecule has 0 aliphatic heterocycles. The Morgan fingerprint density at radius 3 is 2.57 bits per heavy atom. The molecule has 1 aromatic heterocycles. The van der Waals surface area contributed by atoms with Crippen LogP contribution in [0, 0.1) is 0 Å². The topological polar surface area (TPSA) is 91.1 Å². The highest BCUT2D eigenvalue weighted by Gasteiger charge is 2.08. The number of hydrogen-bond donors (Lipinski definition) is 3. The maximum Gasteiger partial charge on any atom is 0.233 e. The first-order valence-electron chi connectivity index (χ1n) is 9.08. The summed E-state index contributed by atoms with van der Waals surface area (Å²) in [5.74, 6) is -0.186. The van der Waals surface area contributed by atoms with Gasteiger partial charge in [0.1, 0.15) is 0 Å². The maximum atomic E-state index is 11.9. The lowest BCUT2D eigenvalue weighted by molar-refractivity contribution is -0.120. The highest BCUT2D eigenvalue weighted by Crippen LogP contribution is 2.17. The van der Waals surface area contributed by atoms with Gasteiger partial charge in [0, 0.05) is 42.0 Å². The van der Waals surface area contributed by atoms with Crippen LogP contribution in [0.2, 0.25) is 0 Å². The molecule has 0 aliphatic carbocycles. The van der Waals surface area contributed by atoms with Gasteiger partial charge in [0.25, 0.3) is 0 Å². The van der Waals surface area contributed by atoms with Crippen molar-refractivity contribution in [2.24, 2.45) is 0 Å². The van der Waals surface area contributed by atoms with Crippen LogP contribution in [0.4, 0.5) is 0 Å². The molecule has 0 saturated carbocycles. The summed E-state index contributed by atoms with van der Waals surface area (Å²) in [4.78, 5) is 15.1. The van der Waals surface area contributed by atoms with Crippen LogP contribution in [0.25, 0.3) is 17.0 Å². The molecule has 0 unspecified atom stereocenters. The standard InChI is InChI=1S/C21H23N3O3S/c25-21(22-13-10-18-16-23-20-9-5-4-8-19(18)20)11-14-24-28(26,27)15-12-17-6-2-1-3-7-17/h1-9,12,15-16,23-24H,10-11,13-14H2,(H,22,25)/b15-12+. The van der Waals surface area contributed by atoms with Gasteiger partial charge < -0.3 is 10.3 Å². The minimum atomic E-state index is -3.57. The fraction of sp³-hybridized carbons (Fsp3) is 0.190. The SMILES string of the molecule is O=C(CCNS(=O)(=O)/C=C/c1ccccc1)NCCc1c[nH]c2ccccc12. The Kier molecular flexibility index (Phi) is 6.62. The number of amides is 1. The zero-order chi connectivity index (χ0) is 19.8. The minimum Gasteiger partial charge on any atom is -0.361 e. The predicted octanol–water partition coefficient (Wildman–Crippen LogP) is 2.81. The zero-order valence-corrected chi connectivity index (χ0v) is 16.2. The molecule has 28 heavy (non-hydrogen) atoms. The van der Waals surface area contributed by atoms with Gasteiger partial charge in [-0.3, -0.25) is 4.79 Å². The third-order valence-electron chi connectivity index (χ3n) is 4.29. The molecule has 6 nitrogen and oxygen atoms in total. The van der Waals surface area contributed by atoms with Crippen molar-refractivity contribution >= 4 is 32.9 Å². The maximum absolute atomic E-state index is 11.9. The monoisotopic (exact) mass is 397 g/mol. The van der Waals surface area contributed by atoms with Crippen LogP contribution in [0.15, 0.2) is 66.2 Å². The molecule has 146 valence electrons. The van der Waals surface area contributed by atoms with Crippen molar-refractivity contribution in [2.75, 3.05) is 13.1 Å². The number of nitrogens with one attached hydrogen (secondary N) is 3. The lowest BCUT2D eigenvalue weighted by atomic mass is 10.1. The number of aromatic amines is 1. The van der Waals surface area contributed by atoms with Crippen molar-refractivity contribution in [3.63, 3.8) is 0 Å². The molecule has 3 aromatic rings. The molecule has 0 fully saturated rings. The van der Waals surface area contributed by atoms with Crippen LogP contribution in [0.3, 0.4) is 0 Å². The van der Waals surface area contributed by atoms with E-state index < -0.39 is 10.0 Å². The highest BCUT2D eigenvalue weighted by atomic mass is 32.2. The van der Waals surface area contributed by atoms with Crippen LogP contribution < -0.4 is 10.0 Å². The molecule has 2 aromatic carbocycles. The summed E-state index contributed by atoms with van der Waals surface area (Å²) >= 11 is 0. The van der Waals surface area contributed by atoms with Gasteiger partial charge in [0.15, 0.2) is 0 Å². The predicted molar refractivity (Wildman–Crippen MR) is 112 cm³/mol. The molecule has 3 rings (SSSR count). The molecule has 1 heterocycles. The first-order chi connectivity index (χ1) is 13.5. The number of hydrogen-bond acceptors (Lipinski definition) is 3. The molecule has 0 bridgehead atoms. The molecule has 0 spiro atoms. The third kappa shape index (κ3) is 5.80. The summed E-state index contributed by atoms with van der Waals surface area (Å²) in [5, 5.41) is 5.08. The second kappa shape index (κ2) is 9.34. The van der Waals surface area contributed by atoms with Crippen molar-refractivity contribution < 1.29 is 13.2 Å². The Labute approximate surface area is 164 Å². The van der Waals surface area contributed by atoms with Crippen molar-refractivity contribution in [3.05, 3.63) is 77.3 Å². The molecule has 0 atom stereocenters. The molecule has 1 amide bonds. The number of benzene rings is 2. The van der Waals surface area contributed by atoms with Crippen molar-refractivity contribution in [2.45, 2.75) is 12.8 Å². The van der Waals surface area contributed by atoms with Gasteiger partial charge in [-0.25, -0.2) is 13.1 Å². The first-order valence-corrected chi connectivity index (χ1v) is 10.6. The van der Waals surface area contributed by atoms with Crippen molar-refractivity contribution in [1.82, 2.24) is 15.0 Å². The number of H-pyrrole nitrogens is 1. The van der Waals surface area contributed by atoms with Crippen LogP contribution in [0.1, 0.15) is 17.5 Å². The smallest absolute Gasteiger partial charge is 0.233 e. The van der Waals surface area contributed by atoms with Gasteiger partial charge in [-0.05, 0) is 29.7 Å². The van der Waals surface area contributed by atoms with E-state index in [0.717, 1.165) is 27.4 Å². The first kappa shape index (κ1) is 19.9. The molecule has 0 saturated heterocycles. The van der Waals surface area contributed by atoms with E-state index in [-0.39, 0.29) is 18.9 Å². The van der Waals surface area contributed by atoms with Crippen molar-refractivity contribution in [3.8, 4) is 0 Å². The van der Waals surface area contributed by atoms with Gasteiger partial charge in [-0.15, -0.1) is 0 Å². The quantitative estimate of drug-likeness (QED) is 0.518. The Morgan fingerprint density at radius 1 is 1.00 bits per heavy atom. The van der Waals surface area contributed by atoms with E-state index in [1.807, 2.05) is 60.8 Å². The average molecular weight is 398 g/mol. The van der Waals surface area contributed by atoms with Crippen molar-refractivity contribution in [1.29, 1.82) is 0 Å². The van der Waals surface area contributed by atoms with Gasteiger partial charge in [-0.2, -0.15) is 0 Å². The Balaban J connectivity index is 1.39. The fourth-order valence-corrected chi connectivity index (χ4v) is 3.67. The number of para-hydroxylation sites is 1. The number of carbonyl (C=O) groups is 1. The van der Waals surface area contributed by atoms with Gasteiger partial charge in [-0.1, -0.05) is 48.5 Å². The Bertz CT molecular complexity index is 1060. The van der Waals surface area contributed by atoms with E-state index >= 15 is 0 Å². The summed E-state index contributed by atoms with van der Waals surface area (Å²) < 4.78 is 26.3. The normalized spacial score (nSPS) is 11.9. The zero-order valence-electron chi connectivity index (χ0n) is 15.4. The number of fused-ring (bicyclic) bond motifs is 1. The van der Waals surface area contributed by atoms with E-state index in [4.69, 9.17) is 0 Å². The lowest BCUT2D eigenvalue weighted by Gasteiger charge is -2.06. The molecule has 0 radical (unpaired) electrons. The average Bonchev–Trinajstić information content (AvgIpc) is 3.10.